The van der Waals surface area contributed by atoms with Crippen LogP contribution in [-0.2, 0) is 4.74 Å². The highest BCUT2D eigenvalue weighted by Gasteiger charge is 2.29. The van der Waals surface area contributed by atoms with Gasteiger partial charge < -0.3 is 10.5 Å². The first kappa shape index (κ1) is 12.9. The summed E-state index contributed by atoms with van der Waals surface area (Å²) in [5.41, 5.74) is 6.14. The third-order valence-corrected chi connectivity index (χ3v) is 3.07. The molecule has 0 radical (unpaired) electrons. The van der Waals surface area contributed by atoms with Gasteiger partial charge in [-0.1, -0.05) is 0 Å². The van der Waals surface area contributed by atoms with E-state index < -0.39 is 0 Å². The normalized spacial score (nSPS) is 23.0. The van der Waals surface area contributed by atoms with E-state index in [1.54, 1.807) is 0 Å². The zero-order valence-electron chi connectivity index (χ0n) is 10.7. The first-order valence-electron chi connectivity index (χ1n) is 5.93. The van der Waals surface area contributed by atoms with Crippen molar-refractivity contribution in [2.24, 2.45) is 5.73 Å². The predicted molar refractivity (Wildman–Crippen MR) is 64.0 cm³/mol. The van der Waals surface area contributed by atoms with Gasteiger partial charge in [0, 0.05) is 17.6 Å². The summed E-state index contributed by atoms with van der Waals surface area (Å²) < 4.78 is 5.50. The summed E-state index contributed by atoms with van der Waals surface area (Å²) in [5, 5.41) is 0. The highest BCUT2D eigenvalue weighted by Crippen LogP contribution is 2.20. The van der Waals surface area contributed by atoms with Crippen LogP contribution in [0.15, 0.2) is 0 Å². The molecule has 1 heterocycles. The van der Waals surface area contributed by atoms with Crippen LogP contribution in [0.1, 0.15) is 40.5 Å². The molecule has 2 N–H and O–H groups in total. The Balaban J connectivity index is 2.31. The topological polar surface area (TPSA) is 38.5 Å². The quantitative estimate of drug-likeness (QED) is 0.773. The molecule has 1 rings (SSSR count). The minimum absolute atomic E-state index is 0.0313. The number of hydrogen-bond acceptors (Lipinski definition) is 3. The fourth-order valence-corrected chi connectivity index (χ4v) is 2.03. The van der Waals surface area contributed by atoms with Crippen LogP contribution < -0.4 is 5.73 Å². The Morgan fingerprint density at radius 1 is 1.40 bits per heavy atom. The number of ether oxygens (including phenoxy) is 1. The minimum atomic E-state index is -0.0313. The van der Waals surface area contributed by atoms with E-state index in [1.165, 1.54) is 6.42 Å². The van der Waals surface area contributed by atoms with Crippen LogP contribution in [0.5, 0.6) is 0 Å². The number of morpholine rings is 1. The number of nitrogens with zero attached hydrogens (tertiary/aromatic N) is 1. The summed E-state index contributed by atoms with van der Waals surface area (Å²) in [4.78, 5) is 2.52. The van der Waals surface area contributed by atoms with Crippen molar-refractivity contribution in [3.05, 3.63) is 0 Å². The zero-order valence-corrected chi connectivity index (χ0v) is 10.7. The molecule has 0 saturated carbocycles. The second kappa shape index (κ2) is 4.81. The van der Waals surface area contributed by atoms with Crippen molar-refractivity contribution in [1.82, 2.24) is 4.90 Å². The lowest BCUT2D eigenvalue weighted by molar-refractivity contribution is -0.0517. The smallest absolute Gasteiger partial charge is 0.0645 e. The predicted octanol–water partition coefficient (Wildman–Crippen LogP) is 1.61. The van der Waals surface area contributed by atoms with Crippen LogP contribution in [0.4, 0.5) is 0 Å². The van der Waals surface area contributed by atoms with E-state index in [0.29, 0.717) is 0 Å². The van der Waals surface area contributed by atoms with Gasteiger partial charge in [-0.15, -0.1) is 0 Å². The molecule has 0 bridgehead atoms. The summed E-state index contributed by atoms with van der Waals surface area (Å²) in [6, 6.07) is 0. The zero-order chi connectivity index (χ0) is 11.5. The van der Waals surface area contributed by atoms with Crippen LogP contribution in [-0.4, -0.2) is 42.3 Å². The van der Waals surface area contributed by atoms with Crippen molar-refractivity contribution < 1.29 is 4.74 Å². The Kier molecular flexibility index (Phi) is 4.15. The Hall–Kier alpha value is -0.120. The van der Waals surface area contributed by atoms with Crippen LogP contribution in [0, 0.1) is 0 Å². The van der Waals surface area contributed by atoms with Crippen molar-refractivity contribution in [3.63, 3.8) is 0 Å². The van der Waals surface area contributed by atoms with E-state index in [9.17, 15) is 0 Å². The molecule has 15 heavy (non-hydrogen) atoms. The molecule has 1 saturated heterocycles. The Morgan fingerprint density at radius 2 is 2.07 bits per heavy atom. The lowest BCUT2D eigenvalue weighted by Gasteiger charge is -2.42. The lowest BCUT2D eigenvalue weighted by Crippen LogP contribution is -2.53. The lowest BCUT2D eigenvalue weighted by atomic mass is 9.97. The molecule has 90 valence electrons. The molecule has 0 spiro atoms. The third kappa shape index (κ3) is 4.49. The third-order valence-electron chi connectivity index (χ3n) is 3.07. The van der Waals surface area contributed by atoms with Crippen LogP contribution >= 0.6 is 0 Å². The van der Waals surface area contributed by atoms with Crippen LogP contribution in [0.3, 0.4) is 0 Å². The summed E-state index contributed by atoms with van der Waals surface area (Å²) >= 11 is 0. The van der Waals surface area contributed by atoms with E-state index in [0.717, 1.165) is 32.7 Å². The van der Waals surface area contributed by atoms with Crippen molar-refractivity contribution in [2.45, 2.75) is 51.6 Å². The molecule has 1 aliphatic rings. The summed E-state index contributed by atoms with van der Waals surface area (Å²) in [6.45, 7) is 12.6. The highest BCUT2D eigenvalue weighted by molar-refractivity contribution is 4.84. The van der Waals surface area contributed by atoms with E-state index in [1.807, 2.05) is 0 Å². The largest absolute Gasteiger partial charge is 0.378 e. The van der Waals surface area contributed by atoms with Gasteiger partial charge in [-0.3, -0.25) is 4.90 Å². The molecular weight excluding hydrogens is 188 g/mol. The molecule has 3 nitrogen and oxygen atoms in total. The van der Waals surface area contributed by atoms with E-state index in [2.05, 4.69) is 32.6 Å². The summed E-state index contributed by atoms with van der Waals surface area (Å²) in [5.74, 6) is 0. The number of hydrogen-bond donors (Lipinski definition) is 1. The van der Waals surface area contributed by atoms with Crippen molar-refractivity contribution in [2.75, 3.05) is 26.3 Å². The first-order chi connectivity index (χ1) is 6.81. The van der Waals surface area contributed by atoms with Crippen LogP contribution in [0.2, 0.25) is 0 Å². The maximum Gasteiger partial charge on any atom is 0.0645 e. The molecular formula is C12H26N2O. The minimum Gasteiger partial charge on any atom is -0.378 e. The second-order valence-electron chi connectivity index (χ2n) is 5.94. The first-order valence-corrected chi connectivity index (χ1v) is 5.93. The molecule has 0 aromatic heterocycles. The molecule has 0 unspecified atom stereocenters. The molecule has 1 aliphatic heterocycles. The molecule has 0 atom stereocenters. The van der Waals surface area contributed by atoms with Crippen LogP contribution in [0.25, 0.3) is 0 Å². The fraction of sp³-hybridized carbons (Fsp3) is 1.00. The monoisotopic (exact) mass is 214 g/mol. The molecule has 0 aliphatic carbocycles. The Morgan fingerprint density at radius 3 is 2.60 bits per heavy atom. The number of nitrogens with two attached hydrogens (primary N) is 1. The van der Waals surface area contributed by atoms with Crippen molar-refractivity contribution in [1.29, 1.82) is 0 Å². The maximum absolute atomic E-state index is 5.98. The second-order valence-corrected chi connectivity index (χ2v) is 5.94. The molecule has 0 aromatic rings. The molecule has 1 fully saturated rings. The average Bonchev–Trinajstić information content (AvgIpc) is 2.05. The van der Waals surface area contributed by atoms with Gasteiger partial charge in [0.1, 0.15) is 0 Å². The van der Waals surface area contributed by atoms with Gasteiger partial charge in [-0.05, 0) is 47.1 Å². The summed E-state index contributed by atoms with van der Waals surface area (Å²) in [6.07, 6.45) is 2.26. The van der Waals surface area contributed by atoms with E-state index in [-0.39, 0.29) is 11.1 Å². The fourth-order valence-electron chi connectivity index (χ4n) is 2.03. The van der Waals surface area contributed by atoms with Gasteiger partial charge >= 0.3 is 0 Å². The Bertz CT molecular complexity index is 196. The standard InChI is InChI=1S/C12H26N2O/c1-11(2,13)6-5-7-14-8-9-15-10-12(14,3)4/h5-10,13H2,1-4H3. The van der Waals surface area contributed by atoms with Gasteiger partial charge in [0.05, 0.1) is 13.2 Å². The highest BCUT2D eigenvalue weighted by atomic mass is 16.5. The average molecular weight is 214 g/mol. The molecule has 0 aromatic carbocycles. The SMILES string of the molecule is CC(C)(N)CCCN1CCOCC1(C)C. The van der Waals surface area contributed by atoms with Gasteiger partial charge in [0.2, 0.25) is 0 Å². The van der Waals surface area contributed by atoms with Gasteiger partial charge in [0.15, 0.2) is 0 Å². The van der Waals surface area contributed by atoms with E-state index in [4.69, 9.17) is 10.5 Å². The van der Waals surface area contributed by atoms with Gasteiger partial charge in [-0.2, -0.15) is 0 Å². The summed E-state index contributed by atoms with van der Waals surface area (Å²) in [7, 11) is 0. The van der Waals surface area contributed by atoms with Gasteiger partial charge in [0.25, 0.3) is 0 Å². The molecule has 3 heteroatoms. The Labute approximate surface area is 94.0 Å². The number of rotatable bonds is 4. The molecule has 0 amide bonds. The maximum atomic E-state index is 5.98. The van der Waals surface area contributed by atoms with Crippen molar-refractivity contribution in [3.8, 4) is 0 Å². The van der Waals surface area contributed by atoms with Gasteiger partial charge in [-0.25, -0.2) is 0 Å². The van der Waals surface area contributed by atoms with Crippen molar-refractivity contribution >= 4 is 0 Å². The van der Waals surface area contributed by atoms with E-state index >= 15 is 0 Å².